The van der Waals surface area contributed by atoms with E-state index < -0.39 is 0 Å². The van der Waals surface area contributed by atoms with Crippen LogP contribution in [0.5, 0.6) is 11.5 Å². The number of aromatic nitrogens is 1. The van der Waals surface area contributed by atoms with Crippen molar-refractivity contribution in [1.29, 1.82) is 0 Å². The molecule has 0 unspecified atom stereocenters. The van der Waals surface area contributed by atoms with Crippen molar-refractivity contribution in [3.8, 4) is 11.5 Å². The average molecular weight is 349 g/mol. The minimum atomic E-state index is -0.232. The Morgan fingerprint density at radius 3 is 2.57 bits per heavy atom. The lowest BCUT2D eigenvalue weighted by Crippen LogP contribution is -2.11. The van der Waals surface area contributed by atoms with Gasteiger partial charge >= 0.3 is 0 Å². The van der Waals surface area contributed by atoms with Crippen molar-refractivity contribution in [2.45, 2.75) is 0 Å². The molecule has 5 nitrogen and oxygen atoms in total. The maximum absolute atomic E-state index is 12.2. The number of nitrogens with zero attached hydrogens (tertiary/aromatic N) is 1. The third-order valence-electron chi connectivity index (χ3n) is 3.23. The van der Waals surface area contributed by atoms with Crippen molar-refractivity contribution in [3.05, 3.63) is 47.0 Å². The number of carbonyl (C=O) groups excluding carboxylic acids is 1. The van der Waals surface area contributed by atoms with Crippen molar-refractivity contribution >= 4 is 44.2 Å². The number of fused-ring (bicyclic) bond motifs is 1. The lowest BCUT2D eigenvalue weighted by atomic mass is 10.2. The maximum Gasteiger partial charge on any atom is 0.257 e. The van der Waals surface area contributed by atoms with Gasteiger partial charge in [-0.1, -0.05) is 22.9 Å². The van der Waals surface area contributed by atoms with E-state index in [9.17, 15) is 4.79 Å². The molecule has 0 spiro atoms. The van der Waals surface area contributed by atoms with Gasteiger partial charge in [0.05, 0.1) is 29.5 Å². The van der Waals surface area contributed by atoms with E-state index in [1.54, 1.807) is 50.6 Å². The monoisotopic (exact) mass is 348 g/mol. The van der Waals surface area contributed by atoms with E-state index in [4.69, 9.17) is 21.1 Å². The first-order valence-electron chi connectivity index (χ1n) is 6.70. The fraction of sp³-hybridized carbons (Fsp3) is 0.125. The van der Waals surface area contributed by atoms with Gasteiger partial charge in [-0.05, 0) is 30.3 Å². The molecule has 1 N–H and O–H groups in total. The van der Waals surface area contributed by atoms with Gasteiger partial charge in [-0.25, -0.2) is 4.98 Å². The summed E-state index contributed by atoms with van der Waals surface area (Å²) in [6, 6.07) is 10.4. The Balaban J connectivity index is 1.84. The Kier molecular flexibility index (Phi) is 4.36. The molecule has 3 aromatic rings. The summed E-state index contributed by atoms with van der Waals surface area (Å²) in [5, 5.41) is 3.78. The molecule has 0 fully saturated rings. The molecule has 1 heterocycles. The van der Waals surface area contributed by atoms with Crippen LogP contribution in [0.4, 0.5) is 5.13 Å². The number of hydrogen-bond donors (Lipinski definition) is 1. The third-order valence-corrected chi connectivity index (χ3v) is 4.46. The molecule has 0 aliphatic carbocycles. The summed E-state index contributed by atoms with van der Waals surface area (Å²) in [6.07, 6.45) is 0. The highest BCUT2D eigenvalue weighted by molar-refractivity contribution is 7.22. The molecule has 1 aromatic heterocycles. The zero-order valence-electron chi connectivity index (χ0n) is 12.4. The number of carbonyl (C=O) groups is 1. The summed E-state index contributed by atoms with van der Waals surface area (Å²) in [5.74, 6) is 1.05. The maximum atomic E-state index is 12.2. The van der Waals surface area contributed by atoms with Crippen LogP contribution in [0.15, 0.2) is 36.4 Å². The molecule has 7 heteroatoms. The van der Waals surface area contributed by atoms with Crippen LogP contribution >= 0.6 is 22.9 Å². The van der Waals surface area contributed by atoms with Crippen molar-refractivity contribution < 1.29 is 14.3 Å². The van der Waals surface area contributed by atoms with E-state index in [2.05, 4.69) is 10.3 Å². The molecule has 2 aromatic carbocycles. The van der Waals surface area contributed by atoms with E-state index >= 15 is 0 Å². The first kappa shape index (κ1) is 15.6. The first-order valence-corrected chi connectivity index (χ1v) is 7.89. The Morgan fingerprint density at radius 2 is 1.91 bits per heavy atom. The molecule has 3 rings (SSSR count). The fourth-order valence-electron chi connectivity index (χ4n) is 2.05. The summed E-state index contributed by atoms with van der Waals surface area (Å²) in [6.45, 7) is 0. The second-order valence-corrected chi connectivity index (χ2v) is 6.09. The SMILES string of the molecule is COc1ccc(C(=O)Nc2nc3cc(Cl)c(OC)cc3s2)cc1. The molecular formula is C16H13ClN2O3S. The van der Waals surface area contributed by atoms with Gasteiger partial charge in [0, 0.05) is 11.6 Å². The van der Waals surface area contributed by atoms with Gasteiger partial charge < -0.3 is 9.47 Å². The van der Waals surface area contributed by atoms with Gasteiger partial charge in [0.2, 0.25) is 0 Å². The van der Waals surface area contributed by atoms with Gasteiger partial charge in [0.1, 0.15) is 11.5 Å². The first-order chi connectivity index (χ1) is 11.1. The summed E-state index contributed by atoms with van der Waals surface area (Å²) in [4.78, 5) is 16.6. The molecule has 0 atom stereocenters. The normalized spacial score (nSPS) is 10.6. The van der Waals surface area contributed by atoms with Crippen LogP contribution in [0.25, 0.3) is 10.2 Å². The van der Waals surface area contributed by atoms with Crippen LogP contribution in [0.2, 0.25) is 5.02 Å². The summed E-state index contributed by atoms with van der Waals surface area (Å²) >= 11 is 7.44. The predicted molar refractivity (Wildman–Crippen MR) is 92.1 cm³/mol. The second kappa shape index (κ2) is 6.44. The lowest BCUT2D eigenvalue weighted by molar-refractivity contribution is 0.102. The highest BCUT2D eigenvalue weighted by atomic mass is 35.5. The van der Waals surface area contributed by atoms with Crippen molar-refractivity contribution in [2.75, 3.05) is 19.5 Å². The number of thiazole rings is 1. The summed E-state index contributed by atoms with van der Waals surface area (Å²) in [7, 11) is 3.13. The Bertz CT molecular complexity index is 862. The van der Waals surface area contributed by atoms with E-state index in [-0.39, 0.29) is 5.91 Å². The van der Waals surface area contributed by atoms with Gasteiger partial charge in [-0.15, -0.1) is 0 Å². The summed E-state index contributed by atoms with van der Waals surface area (Å²) < 4.78 is 11.1. The third kappa shape index (κ3) is 3.23. The van der Waals surface area contributed by atoms with E-state index in [1.165, 1.54) is 11.3 Å². The second-order valence-electron chi connectivity index (χ2n) is 4.66. The van der Waals surface area contributed by atoms with Crippen molar-refractivity contribution in [3.63, 3.8) is 0 Å². The number of nitrogens with one attached hydrogen (secondary N) is 1. The minimum Gasteiger partial charge on any atom is -0.497 e. The van der Waals surface area contributed by atoms with E-state index in [0.29, 0.717) is 32.7 Å². The smallest absolute Gasteiger partial charge is 0.257 e. The van der Waals surface area contributed by atoms with Crippen LogP contribution in [0, 0.1) is 0 Å². The molecule has 0 bridgehead atoms. The van der Waals surface area contributed by atoms with Crippen LogP contribution in [0.3, 0.4) is 0 Å². The molecule has 1 amide bonds. The Labute approximate surface area is 141 Å². The zero-order chi connectivity index (χ0) is 16.4. The Morgan fingerprint density at radius 1 is 1.17 bits per heavy atom. The van der Waals surface area contributed by atoms with Crippen LogP contribution in [-0.2, 0) is 0 Å². The quantitative estimate of drug-likeness (QED) is 0.766. The molecule has 0 saturated carbocycles. The minimum absolute atomic E-state index is 0.232. The largest absolute Gasteiger partial charge is 0.497 e. The Hall–Kier alpha value is -2.31. The average Bonchev–Trinajstić information content (AvgIpc) is 2.94. The molecule has 0 aliphatic heterocycles. The molecule has 0 saturated heterocycles. The van der Waals surface area contributed by atoms with Gasteiger partial charge in [0.25, 0.3) is 5.91 Å². The number of benzene rings is 2. The topological polar surface area (TPSA) is 60.5 Å². The number of methoxy groups -OCH3 is 2. The van der Waals surface area contributed by atoms with E-state index in [0.717, 1.165) is 4.70 Å². The van der Waals surface area contributed by atoms with Crippen LogP contribution in [-0.4, -0.2) is 25.1 Å². The van der Waals surface area contributed by atoms with Crippen LogP contribution < -0.4 is 14.8 Å². The standard InChI is InChI=1S/C16H13ClN2O3S/c1-21-10-5-3-9(4-6-10)15(20)19-16-18-12-7-11(17)13(22-2)8-14(12)23-16/h3-8H,1-2H3,(H,18,19,20). The number of amides is 1. The van der Waals surface area contributed by atoms with Gasteiger partial charge in [-0.2, -0.15) is 0 Å². The van der Waals surface area contributed by atoms with Gasteiger partial charge in [0.15, 0.2) is 5.13 Å². The fourth-order valence-corrected chi connectivity index (χ4v) is 3.16. The lowest BCUT2D eigenvalue weighted by Gasteiger charge is -2.03. The van der Waals surface area contributed by atoms with Crippen molar-refractivity contribution in [2.24, 2.45) is 0 Å². The molecule has 118 valence electrons. The van der Waals surface area contributed by atoms with Crippen LogP contribution in [0.1, 0.15) is 10.4 Å². The highest BCUT2D eigenvalue weighted by Crippen LogP contribution is 2.34. The van der Waals surface area contributed by atoms with E-state index in [1.807, 2.05) is 0 Å². The summed E-state index contributed by atoms with van der Waals surface area (Å²) in [5.41, 5.74) is 1.24. The number of rotatable bonds is 4. The number of ether oxygens (including phenoxy) is 2. The highest BCUT2D eigenvalue weighted by Gasteiger charge is 2.12. The molecule has 0 radical (unpaired) electrons. The number of hydrogen-bond acceptors (Lipinski definition) is 5. The predicted octanol–water partition coefficient (Wildman–Crippen LogP) is 4.22. The molecule has 0 aliphatic rings. The molecular weight excluding hydrogens is 336 g/mol. The van der Waals surface area contributed by atoms with Crippen molar-refractivity contribution in [1.82, 2.24) is 4.98 Å². The number of halogens is 1. The number of anilines is 1. The van der Waals surface area contributed by atoms with Gasteiger partial charge in [-0.3, -0.25) is 10.1 Å². The molecule has 23 heavy (non-hydrogen) atoms. The zero-order valence-corrected chi connectivity index (χ0v) is 14.0.